The van der Waals surface area contributed by atoms with Gasteiger partial charge in [0.2, 0.25) is 0 Å². The number of phenolic OH excluding ortho intramolecular Hbond substituents is 1. The SMILES string of the molecule is Nc1ccc(O)c(C=CCS)c1. The van der Waals surface area contributed by atoms with Gasteiger partial charge in [-0.1, -0.05) is 12.2 Å². The number of benzene rings is 1. The van der Waals surface area contributed by atoms with Crippen LogP contribution in [0.3, 0.4) is 0 Å². The van der Waals surface area contributed by atoms with Crippen LogP contribution in [-0.2, 0) is 0 Å². The maximum absolute atomic E-state index is 9.33. The number of anilines is 1. The van der Waals surface area contributed by atoms with Crippen molar-refractivity contribution >= 4 is 24.4 Å². The Balaban J connectivity index is 2.97. The van der Waals surface area contributed by atoms with E-state index in [1.165, 1.54) is 0 Å². The molecule has 0 amide bonds. The third kappa shape index (κ3) is 2.20. The second-order valence-corrected chi connectivity index (χ2v) is 2.77. The minimum absolute atomic E-state index is 0.238. The van der Waals surface area contributed by atoms with Gasteiger partial charge in [0.05, 0.1) is 0 Å². The highest BCUT2D eigenvalue weighted by atomic mass is 32.1. The third-order valence-electron chi connectivity index (χ3n) is 1.45. The van der Waals surface area contributed by atoms with E-state index in [1.807, 2.05) is 6.08 Å². The summed E-state index contributed by atoms with van der Waals surface area (Å²) >= 11 is 4.01. The van der Waals surface area contributed by atoms with Gasteiger partial charge in [0.25, 0.3) is 0 Å². The molecule has 0 radical (unpaired) electrons. The molecule has 0 aliphatic rings. The lowest BCUT2D eigenvalue weighted by molar-refractivity contribution is 0.474. The molecule has 1 rings (SSSR count). The Kier molecular flexibility index (Phi) is 3.05. The Morgan fingerprint density at radius 1 is 1.50 bits per heavy atom. The highest BCUT2D eigenvalue weighted by molar-refractivity contribution is 7.80. The summed E-state index contributed by atoms with van der Waals surface area (Å²) in [5, 5.41) is 9.33. The molecular formula is C9H11NOS. The molecule has 12 heavy (non-hydrogen) atoms. The molecule has 1 aromatic carbocycles. The van der Waals surface area contributed by atoms with Gasteiger partial charge in [0.1, 0.15) is 5.75 Å². The van der Waals surface area contributed by atoms with Gasteiger partial charge >= 0.3 is 0 Å². The van der Waals surface area contributed by atoms with Crippen LogP contribution in [0.2, 0.25) is 0 Å². The molecule has 0 spiro atoms. The third-order valence-corrected chi connectivity index (χ3v) is 1.67. The molecule has 0 bridgehead atoms. The molecule has 0 saturated carbocycles. The minimum Gasteiger partial charge on any atom is -0.507 e. The molecule has 0 saturated heterocycles. The van der Waals surface area contributed by atoms with Crippen LogP contribution in [0.1, 0.15) is 5.56 Å². The van der Waals surface area contributed by atoms with E-state index in [0.717, 1.165) is 5.56 Å². The quantitative estimate of drug-likeness (QED) is 0.371. The lowest BCUT2D eigenvalue weighted by Gasteiger charge is -1.99. The molecule has 1 aromatic rings. The summed E-state index contributed by atoms with van der Waals surface area (Å²) in [6, 6.07) is 4.95. The second kappa shape index (κ2) is 4.07. The molecule has 0 aliphatic carbocycles. The van der Waals surface area contributed by atoms with Gasteiger partial charge < -0.3 is 10.8 Å². The van der Waals surface area contributed by atoms with Crippen molar-refractivity contribution in [3.63, 3.8) is 0 Å². The van der Waals surface area contributed by atoms with Crippen LogP contribution in [0.5, 0.6) is 5.75 Å². The zero-order valence-electron chi connectivity index (χ0n) is 6.57. The molecule has 0 aromatic heterocycles. The molecule has 0 atom stereocenters. The molecule has 0 unspecified atom stereocenters. The Labute approximate surface area is 77.1 Å². The monoisotopic (exact) mass is 181 g/mol. The van der Waals surface area contributed by atoms with Gasteiger partial charge in [0.15, 0.2) is 0 Å². The second-order valence-electron chi connectivity index (χ2n) is 2.40. The molecule has 0 aliphatic heterocycles. The van der Waals surface area contributed by atoms with Crippen molar-refractivity contribution in [1.29, 1.82) is 0 Å². The first-order valence-corrected chi connectivity index (χ1v) is 4.23. The van der Waals surface area contributed by atoms with E-state index in [-0.39, 0.29) is 5.75 Å². The standard InChI is InChI=1S/C9H11NOS/c10-8-3-4-9(11)7(6-8)2-1-5-12/h1-4,6,11-12H,5,10H2. The zero-order chi connectivity index (χ0) is 8.97. The number of aromatic hydroxyl groups is 1. The van der Waals surface area contributed by atoms with E-state index in [1.54, 1.807) is 24.3 Å². The zero-order valence-corrected chi connectivity index (χ0v) is 7.46. The number of phenols is 1. The van der Waals surface area contributed by atoms with Crippen LogP contribution < -0.4 is 5.73 Å². The predicted octanol–water partition coefficient (Wildman–Crippen LogP) is 1.92. The number of thiol groups is 1. The van der Waals surface area contributed by atoms with E-state index in [9.17, 15) is 5.11 Å². The van der Waals surface area contributed by atoms with Crippen molar-refractivity contribution in [2.75, 3.05) is 11.5 Å². The first kappa shape index (κ1) is 9.00. The summed E-state index contributed by atoms with van der Waals surface area (Å²) in [7, 11) is 0. The van der Waals surface area contributed by atoms with Gasteiger partial charge in [-0.25, -0.2) is 0 Å². The van der Waals surface area contributed by atoms with Crippen molar-refractivity contribution in [3.05, 3.63) is 29.8 Å². The van der Waals surface area contributed by atoms with Crippen LogP contribution in [0.4, 0.5) is 5.69 Å². The van der Waals surface area contributed by atoms with Gasteiger partial charge in [0, 0.05) is 17.0 Å². The fourth-order valence-electron chi connectivity index (χ4n) is 0.886. The fraction of sp³-hybridized carbons (Fsp3) is 0.111. The first-order chi connectivity index (χ1) is 5.74. The lowest BCUT2D eigenvalue weighted by Crippen LogP contribution is -1.84. The largest absolute Gasteiger partial charge is 0.507 e. The van der Waals surface area contributed by atoms with E-state index in [2.05, 4.69) is 12.6 Å². The summed E-state index contributed by atoms with van der Waals surface area (Å²) in [5.74, 6) is 0.885. The van der Waals surface area contributed by atoms with Crippen molar-refractivity contribution in [1.82, 2.24) is 0 Å². The number of nitrogen functional groups attached to an aromatic ring is 1. The minimum atomic E-state index is 0.238. The Bertz CT molecular complexity index is 297. The van der Waals surface area contributed by atoms with Gasteiger partial charge in [-0.2, -0.15) is 12.6 Å². The molecule has 3 N–H and O–H groups in total. The van der Waals surface area contributed by atoms with Gasteiger partial charge in [-0.15, -0.1) is 0 Å². The highest BCUT2D eigenvalue weighted by Gasteiger charge is 1.95. The fourth-order valence-corrected chi connectivity index (χ4v) is 0.992. The number of hydrogen-bond acceptors (Lipinski definition) is 3. The highest BCUT2D eigenvalue weighted by Crippen LogP contribution is 2.20. The number of hydrogen-bond donors (Lipinski definition) is 3. The molecule has 2 nitrogen and oxygen atoms in total. The smallest absolute Gasteiger partial charge is 0.122 e. The van der Waals surface area contributed by atoms with Crippen LogP contribution in [0.15, 0.2) is 24.3 Å². The molecular weight excluding hydrogens is 170 g/mol. The maximum Gasteiger partial charge on any atom is 0.122 e. The Hall–Kier alpha value is -1.09. The Morgan fingerprint density at radius 2 is 2.25 bits per heavy atom. The summed E-state index contributed by atoms with van der Waals surface area (Å²) in [6.07, 6.45) is 3.64. The van der Waals surface area contributed by atoms with E-state index in [0.29, 0.717) is 11.4 Å². The lowest BCUT2D eigenvalue weighted by atomic mass is 10.1. The van der Waals surface area contributed by atoms with Gasteiger partial charge in [-0.3, -0.25) is 0 Å². The molecule has 0 heterocycles. The summed E-state index contributed by atoms with van der Waals surface area (Å²) < 4.78 is 0. The summed E-state index contributed by atoms with van der Waals surface area (Å²) in [5.41, 5.74) is 6.91. The molecule has 0 fully saturated rings. The topological polar surface area (TPSA) is 46.2 Å². The van der Waals surface area contributed by atoms with Crippen molar-refractivity contribution < 1.29 is 5.11 Å². The summed E-state index contributed by atoms with van der Waals surface area (Å²) in [4.78, 5) is 0. The van der Waals surface area contributed by atoms with Crippen molar-refractivity contribution in [3.8, 4) is 5.75 Å². The molecule has 64 valence electrons. The average Bonchev–Trinajstić information content (AvgIpc) is 2.07. The first-order valence-electron chi connectivity index (χ1n) is 3.60. The summed E-state index contributed by atoms with van der Waals surface area (Å²) in [6.45, 7) is 0. The van der Waals surface area contributed by atoms with E-state index in [4.69, 9.17) is 5.73 Å². The van der Waals surface area contributed by atoms with Crippen LogP contribution >= 0.6 is 12.6 Å². The van der Waals surface area contributed by atoms with Crippen LogP contribution in [-0.4, -0.2) is 10.9 Å². The van der Waals surface area contributed by atoms with E-state index < -0.39 is 0 Å². The predicted molar refractivity (Wildman–Crippen MR) is 55.4 cm³/mol. The number of rotatable bonds is 2. The van der Waals surface area contributed by atoms with E-state index >= 15 is 0 Å². The molecule has 3 heteroatoms. The van der Waals surface area contributed by atoms with Gasteiger partial charge in [-0.05, 0) is 18.2 Å². The maximum atomic E-state index is 9.33. The number of nitrogens with two attached hydrogens (primary N) is 1. The average molecular weight is 181 g/mol. The van der Waals surface area contributed by atoms with Crippen LogP contribution in [0, 0.1) is 0 Å². The Morgan fingerprint density at radius 3 is 2.92 bits per heavy atom. The normalized spacial score (nSPS) is 10.8. The van der Waals surface area contributed by atoms with Crippen molar-refractivity contribution in [2.24, 2.45) is 0 Å². The van der Waals surface area contributed by atoms with Crippen LogP contribution in [0.25, 0.3) is 6.08 Å². The van der Waals surface area contributed by atoms with Crippen molar-refractivity contribution in [2.45, 2.75) is 0 Å².